The topological polar surface area (TPSA) is 80.1 Å². The van der Waals surface area contributed by atoms with E-state index in [4.69, 9.17) is 16.3 Å². The summed E-state index contributed by atoms with van der Waals surface area (Å²) in [5.41, 5.74) is 0.639. The molecule has 1 N–H and O–H groups in total. The summed E-state index contributed by atoms with van der Waals surface area (Å²) in [6, 6.07) is 1.45. The van der Waals surface area contributed by atoms with Crippen LogP contribution in [0.4, 0.5) is 5.69 Å². The van der Waals surface area contributed by atoms with Crippen LogP contribution in [0.15, 0.2) is 16.1 Å². The van der Waals surface area contributed by atoms with E-state index in [1.807, 2.05) is 0 Å². The number of halogens is 1. The number of nitrogens with one attached hydrogen (secondary N) is 1. The fourth-order valence-electron chi connectivity index (χ4n) is 1.95. The third kappa shape index (κ3) is 2.80. The van der Waals surface area contributed by atoms with Crippen molar-refractivity contribution in [3.05, 3.63) is 27.4 Å². The number of carbonyl (C=O) groups excluding carboxylic acids is 2. The van der Waals surface area contributed by atoms with E-state index >= 15 is 0 Å². The Hall–Kier alpha value is -1.95. The first-order valence-corrected chi connectivity index (χ1v) is 6.49. The Morgan fingerprint density at radius 3 is 2.55 bits per heavy atom. The van der Waals surface area contributed by atoms with Gasteiger partial charge >= 0.3 is 5.97 Å². The van der Waals surface area contributed by atoms with Crippen molar-refractivity contribution in [2.24, 2.45) is 9.98 Å². The normalized spacial score (nSPS) is 13.3. The van der Waals surface area contributed by atoms with Gasteiger partial charge in [-0.2, -0.15) is 0 Å². The lowest BCUT2D eigenvalue weighted by Gasteiger charge is -2.08. The summed E-state index contributed by atoms with van der Waals surface area (Å²) in [6.07, 6.45) is 0.770. The predicted molar refractivity (Wildman–Crippen MR) is 73.8 cm³/mol. The fourth-order valence-corrected chi connectivity index (χ4v) is 2.20. The average molecular weight is 296 g/mol. The van der Waals surface area contributed by atoms with E-state index in [2.05, 4.69) is 15.3 Å². The molecule has 0 bridgehead atoms. The Bertz CT molecular complexity index is 685. The third-order valence-electron chi connectivity index (χ3n) is 2.79. The Morgan fingerprint density at radius 2 is 1.95 bits per heavy atom. The average Bonchev–Trinajstić information content (AvgIpc) is 2.66. The minimum atomic E-state index is -0.529. The van der Waals surface area contributed by atoms with Gasteiger partial charge in [-0.3, -0.25) is 14.8 Å². The number of hydrogen-bond donors (Lipinski definition) is 1. The maximum atomic E-state index is 11.8. The summed E-state index contributed by atoms with van der Waals surface area (Å²) in [7, 11) is 1.29. The molecule has 0 spiro atoms. The largest absolute Gasteiger partial charge is 0.465 e. The Morgan fingerprint density at radius 1 is 1.30 bits per heavy atom. The fraction of sp³-hybridized carbons (Fsp3) is 0.385. The molecule has 1 heterocycles. The van der Waals surface area contributed by atoms with Crippen molar-refractivity contribution in [1.29, 1.82) is 0 Å². The smallest absolute Gasteiger partial charge is 0.340 e. The second-order valence-electron chi connectivity index (χ2n) is 4.27. The van der Waals surface area contributed by atoms with E-state index in [0.29, 0.717) is 29.5 Å². The summed E-state index contributed by atoms with van der Waals surface area (Å²) >= 11 is 6.14. The van der Waals surface area contributed by atoms with Crippen LogP contribution >= 0.6 is 11.6 Å². The lowest BCUT2D eigenvalue weighted by atomic mass is 10.1. The highest BCUT2D eigenvalue weighted by atomic mass is 35.5. The molecule has 0 saturated carbocycles. The van der Waals surface area contributed by atoms with Gasteiger partial charge in [0.05, 0.1) is 28.7 Å². The number of esters is 1. The molecular formula is C13H14ClN3O3. The molecule has 7 heteroatoms. The Labute approximate surface area is 120 Å². The number of benzene rings is 1. The zero-order chi connectivity index (χ0) is 14.7. The van der Waals surface area contributed by atoms with Crippen LogP contribution in [0.3, 0.4) is 0 Å². The predicted octanol–water partition coefficient (Wildman–Crippen LogP) is 0.728. The van der Waals surface area contributed by atoms with E-state index in [9.17, 15) is 9.59 Å². The standard InChI is InChI=1S/C13H14ClN3O3/c1-7(18)17-11-9(14)6-8(13(19)20-2)10-12(11)16-5-3-4-15-10/h6H,3-5H2,1-2H3,(H,17,18). The van der Waals surface area contributed by atoms with Crippen LogP contribution in [0.2, 0.25) is 5.02 Å². The molecule has 0 radical (unpaired) electrons. The van der Waals surface area contributed by atoms with Crippen LogP contribution in [0.25, 0.3) is 0 Å². The van der Waals surface area contributed by atoms with Crippen LogP contribution in [0, 0.1) is 0 Å². The molecule has 0 unspecified atom stereocenters. The van der Waals surface area contributed by atoms with Crippen molar-refractivity contribution in [2.75, 3.05) is 25.5 Å². The third-order valence-corrected chi connectivity index (χ3v) is 3.09. The molecule has 1 aromatic carbocycles. The summed E-state index contributed by atoms with van der Waals surface area (Å²) in [5.74, 6) is -0.794. The van der Waals surface area contributed by atoms with Gasteiger partial charge in [0.1, 0.15) is 5.36 Å². The van der Waals surface area contributed by atoms with Gasteiger partial charge in [-0.15, -0.1) is 0 Å². The molecule has 0 aromatic heterocycles. The molecule has 0 aliphatic carbocycles. The highest BCUT2D eigenvalue weighted by Gasteiger charge is 2.17. The first-order valence-electron chi connectivity index (χ1n) is 6.12. The lowest BCUT2D eigenvalue weighted by molar-refractivity contribution is -0.114. The number of hydrogen-bond acceptors (Lipinski definition) is 5. The number of carbonyl (C=O) groups is 2. The van der Waals surface area contributed by atoms with E-state index in [1.165, 1.54) is 20.1 Å². The lowest BCUT2D eigenvalue weighted by Crippen LogP contribution is -2.35. The minimum Gasteiger partial charge on any atom is -0.465 e. The molecule has 1 aliphatic heterocycles. The molecule has 106 valence electrons. The van der Waals surface area contributed by atoms with Crippen LogP contribution < -0.4 is 16.0 Å². The van der Waals surface area contributed by atoms with E-state index in [0.717, 1.165) is 6.42 Å². The molecule has 1 amide bonds. The van der Waals surface area contributed by atoms with Crippen LogP contribution in [-0.4, -0.2) is 32.1 Å². The van der Waals surface area contributed by atoms with Crippen molar-refractivity contribution in [1.82, 2.24) is 0 Å². The van der Waals surface area contributed by atoms with E-state index in [1.54, 1.807) is 0 Å². The van der Waals surface area contributed by atoms with Crippen molar-refractivity contribution in [3.63, 3.8) is 0 Å². The van der Waals surface area contributed by atoms with Crippen molar-refractivity contribution in [2.45, 2.75) is 13.3 Å². The van der Waals surface area contributed by atoms with E-state index in [-0.39, 0.29) is 16.5 Å². The number of amides is 1. The monoisotopic (exact) mass is 295 g/mol. The number of anilines is 1. The SMILES string of the molecule is COC(=O)c1cc(Cl)c(NC(C)=O)c2c1=NCCCN=2. The Kier molecular flexibility index (Phi) is 4.34. The van der Waals surface area contributed by atoms with Gasteiger partial charge in [-0.05, 0) is 12.5 Å². The zero-order valence-electron chi connectivity index (χ0n) is 11.2. The first kappa shape index (κ1) is 14.5. The summed E-state index contributed by atoms with van der Waals surface area (Å²) in [6.45, 7) is 2.50. The van der Waals surface area contributed by atoms with Gasteiger partial charge in [0.15, 0.2) is 0 Å². The quantitative estimate of drug-likeness (QED) is 0.817. The number of methoxy groups -OCH3 is 1. The van der Waals surface area contributed by atoms with Gasteiger partial charge in [0, 0.05) is 20.0 Å². The molecule has 1 aliphatic rings. The molecule has 20 heavy (non-hydrogen) atoms. The molecular weight excluding hydrogens is 282 g/mol. The number of fused-ring (bicyclic) bond motifs is 1. The molecule has 0 atom stereocenters. The van der Waals surface area contributed by atoms with Gasteiger partial charge in [-0.1, -0.05) is 11.6 Å². The highest BCUT2D eigenvalue weighted by Crippen LogP contribution is 2.18. The second-order valence-corrected chi connectivity index (χ2v) is 4.68. The summed E-state index contributed by atoms with van der Waals surface area (Å²) in [4.78, 5) is 31.8. The number of rotatable bonds is 2. The van der Waals surface area contributed by atoms with Gasteiger partial charge in [-0.25, -0.2) is 4.79 Å². The zero-order valence-corrected chi connectivity index (χ0v) is 12.0. The molecule has 0 fully saturated rings. The molecule has 1 aromatic rings. The van der Waals surface area contributed by atoms with Gasteiger partial charge in [0.2, 0.25) is 5.91 Å². The maximum absolute atomic E-state index is 11.8. The molecule has 0 saturated heterocycles. The van der Waals surface area contributed by atoms with E-state index < -0.39 is 5.97 Å². The maximum Gasteiger partial charge on any atom is 0.340 e. The van der Waals surface area contributed by atoms with Crippen LogP contribution in [-0.2, 0) is 9.53 Å². The number of ether oxygens (including phenoxy) is 1. The molecule has 6 nitrogen and oxygen atoms in total. The van der Waals surface area contributed by atoms with Gasteiger partial charge in [0.25, 0.3) is 0 Å². The minimum absolute atomic E-state index is 0.236. The van der Waals surface area contributed by atoms with Gasteiger partial charge < -0.3 is 10.1 Å². The number of nitrogens with zero attached hydrogens (tertiary/aromatic N) is 2. The summed E-state index contributed by atoms with van der Waals surface area (Å²) in [5, 5.41) is 3.73. The second kappa shape index (κ2) is 6.00. The Balaban J connectivity index is 2.80. The highest BCUT2D eigenvalue weighted by molar-refractivity contribution is 6.34. The van der Waals surface area contributed by atoms with Crippen molar-refractivity contribution in [3.8, 4) is 0 Å². The van der Waals surface area contributed by atoms with Crippen LogP contribution in [0.5, 0.6) is 0 Å². The first-order chi connectivity index (χ1) is 9.54. The van der Waals surface area contributed by atoms with Crippen molar-refractivity contribution >= 4 is 29.2 Å². The van der Waals surface area contributed by atoms with Crippen molar-refractivity contribution < 1.29 is 14.3 Å². The summed E-state index contributed by atoms with van der Waals surface area (Å²) < 4.78 is 4.73. The van der Waals surface area contributed by atoms with Crippen LogP contribution in [0.1, 0.15) is 23.7 Å². The molecule has 2 rings (SSSR count).